The topological polar surface area (TPSA) is 110 Å². The highest BCUT2D eigenvalue weighted by molar-refractivity contribution is 7.99. The number of hydrogen-bond acceptors (Lipinski definition) is 8. The summed E-state index contributed by atoms with van der Waals surface area (Å²) in [6.07, 6.45) is 2.91. The average molecular weight is 673 g/mol. The summed E-state index contributed by atoms with van der Waals surface area (Å²) in [6, 6.07) is 2.31. The van der Waals surface area contributed by atoms with E-state index in [0.717, 1.165) is 6.07 Å². The Labute approximate surface area is 272 Å². The van der Waals surface area contributed by atoms with Gasteiger partial charge in [-0.15, -0.1) is 11.8 Å². The first-order chi connectivity index (χ1) is 21.3. The van der Waals surface area contributed by atoms with Gasteiger partial charge in [0.15, 0.2) is 17.3 Å². The van der Waals surface area contributed by atoms with Crippen molar-refractivity contribution in [2.75, 3.05) is 29.5 Å². The number of halogens is 4. The second kappa shape index (κ2) is 11.6. The van der Waals surface area contributed by atoms with Crippen LogP contribution < -0.4 is 16.3 Å². The smallest absolute Gasteiger partial charge is 0.355 e. The highest BCUT2D eigenvalue weighted by Crippen LogP contribution is 2.46. The van der Waals surface area contributed by atoms with Crippen molar-refractivity contribution in [1.82, 2.24) is 24.4 Å². The molecule has 0 bridgehead atoms. The first-order valence-electron chi connectivity index (χ1n) is 14.2. The van der Waals surface area contributed by atoms with Gasteiger partial charge in [-0.3, -0.25) is 9.78 Å². The first-order valence-corrected chi connectivity index (χ1v) is 16.0. The number of carbonyl (C=O) groups excluding carboxylic acids is 1. The lowest BCUT2D eigenvalue weighted by atomic mass is 10.0. The molecule has 5 heterocycles. The van der Waals surface area contributed by atoms with Gasteiger partial charge in [0.1, 0.15) is 11.5 Å². The van der Waals surface area contributed by atoms with Crippen molar-refractivity contribution < 1.29 is 13.6 Å². The highest BCUT2D eigenvalue weighted by atomic mass is 35.5. The van der Waals surface area contributed by atoms with Gasteiger partial charge in [0.2, 0.25) is 5.91 Å². The molecule has 1 fully saturated rings. The van der Waals surface area contributed by atoms with Gasteiger partial charge in [0.05, 0.1) is 49.0 Å². The lowest BCUT2D eigenvalue weighted by Gasteiger charge is -2.45. The Morgan fingerprint density at radius 1 is 1.20 bits per heavy atom. The normalized spacial score (nSPS) is 17.9. The third-order valence-corrected chi connectivity index (χ3v) is 10.1. The van der Waals surface area contributed by atoms with Crippen LogP contribution in [0.2, 0.25) is 10.0 Å². The van der Waals surface area contributed by atoms with Gasteiger partial charge >= 0.3 is 5.69 Å². The van der Waals surface area contributed by atoms with E-state index < -0.39 is 28.6 Å². The molecule has 0 aliphatic carbocycles. The number of benzene rings is 1. The van der Waals surface area contributed by atoms with Crippen LogP contribution in [0.1, 0.15) is 37.9 Å². The van der Waals surface area contributed by atoms with Gasteiger partial charge in [-0.2, -0.15) is 4.98 Å². The number of aromatic nitrogens is 4. The monoisotopic (exact) mass is 671 g/mol. The summed E-state index contributed by atoms with van der Waals surface area (Å²) in [5, 5.41) is -0.156. The molecule has 1 amide bonds. The number of rotatable bonds is 4. The molecule has 2 atom stereocenters. The van der Waals surface area contributed by atoms with Gasteiger partial charge < -0.3 is 15.5 Å². The molecule has 234 valence electrons. The van der Waals surface area contributed by atoms with Crippen LogP contribution in [0.4, 0.5) is 20.3 Å². The molecule has 14 heteroatoms. The van der Waals surface area contributed by atoms with Gasteiger partial charge in [-0.25, -0.2) is 23.1 Å². The van der Waals surface area contributed by atoms with Crippen LogP contribution in [-0.2, 0) is 4.79 Å². The average Bonchev–Trinajstić information content (AvgIpc) is 3.15. The maximum atomic E-state index is 16.8. The van der Waals surface area contributed by atoms with Gasteiger partial charge in [0, 0.05) is 31.1 Å². The Morgan fingerprint density at radius 2 is 1.93 bits per heavy atom. The standard InChI is InChI=1S/C31H29Cl2F2N7O2S/c1-6-19(43)40-11-16-12-45-28-21-29(41(16)10-15(40)5)39-31(44)42(27-14(4)7-8-37-25(27)13(2)3)30(21)38-26(23(28)35)20-22(34)17(32)9-18(33)24(20)36/h6-9,13,15-16H,1,10-12,36H2,2-5H3. The Kier molecular flexibility index (Phi) is 8.03. The van der Waals surface area contributed by atoms with Crippen molar-refractivity contribution in [3.63, 3.8) is 0 Å². The van der Waals surface area contributed by atoms with Crippen molar-refractivity contribution in [3.8, 4) is 16.9 Å². The summed E-state index contributed by atoms with van der Waals surface area (Å²) in [4.78, 5) is 44.3. The van der Waals surface area contributed by atoms with Crippen molar-refractivity contribution in [3.05, 3.63) is 74.4 Å². The second-order valence-corrected chi connectivity index (χ2v) is 13.3. The zero-order valence-electron chi connectivity index (χ0n) is 24.9. The number of amides is 1. The number of carbonyl (C=O) groups is 1. The number of fused-ring (bicyclic) bond motifs is 2. The molecule has 0 saturated carbocycles. The molecular weight excluding hydrogens is 643 g/mol. The Balaban J connectivity index is 1.74. The van der Waals surface area contributed by atoms with E-state index in [9.17, 15) is 9.59 Å². The van der Waals surface area contributed by atoms with Crippen LogP contribution in [0.15, 0.2) is 40.7 Å². The minimum atomic E-state index is -0.997. The molecule has 9 nitrogen and oxygen atoms in total. The number of nitrogens with two attached hydrogens (primary N) is 1. The summed E-state index contributed by atoms with van der Waals surface area (Å²) in [6.45, 7) is 11.8. The van der Waals surface area contributed by atoms with Crippen LogP contribution in [0, 0.1) is 18.6 Å². The molecule has 1 saturated heterocycles. The number of nitrogens with zero attached hydrogens (tertiary/aromatic N) is 6. The molecule has 2 aliphatic heterocycles. The number of aryl methyl sites for hydroxylation is 1. The summed E-state index contributed by atoms with van der Waals surface area (Å²) < 4.78 is 33.8. The van der Waals surface area contributed by atoms with Gasteiger partial charge in [-0.05, 0) is 43.5 Å². The molecule has 0 spiro atoms. The fraction of sp³-hybridized carbons (Fsp3) is 0.323. The lowest BCUT2D eigenvalue weighted by Crippen LogP contribution is -2.60. The summed E-state index contributed by atoms with van der Waals surface area (Å²) in [7, 11) is 0. The Hall–Kier alpha value is -3.74. The summed E-state index contributed by atoms with van der Waals surface area (Å²) >= 11 is 13.6. The number of thioether (sulfide) groups is 1. The van der Waals surface area contributed by atoms with Crippen LogP contribution in [0.5, 0.6) is 0 Å². The number of pyridine rings is 2. The first kappa shape index (κ1) is 31.3. The summed E-state index contributed by atoms with van der Waals surface area (Å²) in [5.74, 6) is -1.63. The van der Waals surface area contributed by atoms with Crippen molar-refractivity contribution >= 4 is 63.4 Å². The maximum absolute atomic E-state index is 16.8. The third-order valence-electron chi connectivity index (χ3n) is 8.27. The number of anilines is 2. The molecule has 3 aromatic heterocycles. The van der Waals surface area contributed by atoms with E-state index >= 15 is 8.78 Å². The van der Waals surface area contributed by atoms with Crippen molar-refractivity contribution in [2.24, 2.45) is 0 Å². The zero-order valence-corrected chi connectivity index (χ0v) is 27.2. The fourth-order valence-corrected chi connectivity index (χ4v) is 7.72. The van der Waals surface area contributed by atoms with E-state index in [1.165, 1.54) is 22.4 Å². The van der Waals surface area contributed by atoms with E-state index in [4.69, 9.17) is 28.9 Å². The van der Waals surface area contributed by atoms with E-state index in [-0.39, 0.29) is 61.4 Å². The van der Waals surface area contributed by atoms with Crippen LogP contribution in [0.25, 0.3) is 28.0 Å². The SMILES string of the molecule is C=CC(=O)N1CC2CSc3c(F)c(-c4c(N)c(Cl)cc(Cl)c4F)nc4c3c(nc(=O)n4-c3c(C)ccnc3C(C)C)N2CC1C. The molecule has 2 N–H and O–H groups in total. The maximum Gasteiger partial charge on any atom is 0.355 e. The zero-order chi connectivity index (χ0) is 32.5. The molecular formula is C31H29Cl2F2N7O2S. The van der Waals surface area contributed by atoms with E-state index in [2.05, 4.69) is 21.5 Å². The van der Waals surface area contributed by atoms with Crippen molar-refractivity contribution in [1.29, 1.82) is 0 Å². The minimum absolute atomic E-state index is 0.0506. The lowest BCUT2D eigenvalue weighted by molar-refractivity contribution is -0.128. The fourth-order valence-electron chi connectivity index (χ4n) is 6.06. The van der Waals surface area contributed by atoms with Crippen LogP contribution >= 0.6 is 35.0 Å². The second-order valence-electron chi connectivity index (χ2n) is 11.5. The van der Waals surface area contributed by atoms with E-state index in [1.54, 1.807) is 17.2 Å². The van der Waals surface area contributed by atoms with E-state index in [1.807, 2.05) is 32.6 Å². The number of hydrogen-bond donors (Lipinski definition) is 1. The van der Waals surface area contributed by atoms with Gasteiger partial charge in [0.25, 0.3) is 0 Å². The Morgan fingerprint density at radius 3 is 2.62 bits per heavy atom. The van der Waals surface area contributed by atoms with Crippen molar-refractivity contribution in [2.45, 2.75) is 50.6 Å². The predicted octanol–water partition coefficient (Wildman–Crippen LogP) is 6.14. The number of nitrogen functional groups attached to an aromatic ring is 1. The summed E-state index contributed by atoms with van der Waals surface area (Å²) in [5.41, 5.74) is 6.25. The minimum Gasteiger partial charge on any atom is -0.397 e. The molecule has 6 rings (SSSR count). The molecule has 2 aliphatic rings. The predicted molar refractivity (Wildman–Crippen MR) is 175 cm³/mol. The third kappa shape index (κ3) is 4.94. The van der Waals surface area contributed by atoms with E-state index in [0.29, 0.717) is 35.8 Å². The molecule has 45 heavy (non-hydrogen) atoms. The van der Waals surface area contributed by atoms with Crippen LogP contribution in [0.3, 0.4) is 0 Å². The molecule has 0 radical (unpaired) electrons. The Bertz CT molecular complexity index is 1960. The van der Waals surface area contributed by atoms with Gasteiger partial charge in [-0.1, -0.05) is 43.6 Å². The molecule has 4 aromatic rings. The van der Waals surface area contributed by atoms with Crippen LogP contribution in [-0.4, -0.2) is 61.3 Å². The highest BCUT2D eigenvalue weighted by Gasteiger charge is 2.40. The molecule has 2 unspecified atom stereocenters. The molecule has 1 aromatic carbocycles. The quantitative estimate of drug-likeness (QED) is 0.157. The number of piperazine rings is 1. The largest absolute Gasteiger partial charge is 0.397 e.